The van der Waals surface area contributed by atoms with E-state index in [1.54, 1.807) is 0 Å². The van der Waals surface area contributed by atoms with Crippen molar-refractivity contribution < 1.29 is 27.8 Å². The summed E-state index contributed by atoms with van der Waals surface area (Å²) in [6, 6.07) is 0.913. The summed E-state index contributed by atoms with van der Waals surface area (Å²) < 4.78 is 37.7. The van der Waals surface area contributed by atoms with Crippen molar-refractivity contribution in [1.82, 2.24) is 9.55 Å². The van der Waals surface area contributed by atoms with E-state index in [1.165, 1.54) is 13.1 Å². The molecular formula is C17H30N2O7S2Si. The molecule has 3 N–H and O–H groups in total. The summed E-state index contributed by atoms with van der Waals surface area (Å²) in [5.41, 5.74) is -0.184. The highest BCUT2D eigenvalue weighted by Gasteiger charge is 2.63. The minimum atomic E-state index is -4.21. The molecule has 0 radical (unpaired) electrons. The molecule has 0 saturated carbocycles. The molecule has 2 heterocycles. The van der Waals surface area contributed by atoms with Crippen LogP contribution in [0.5, 0.6) is 0 Å². The van der Waals surface area contributed by atoms with Gasteiger partial charge in [0.2, 0.25) is 4.93 Å². The number of unbranched alkanes of at least 4 members (excludes halogenated alkanes) is 1. The van der Waals surface area contributed by atoms with Crippen LogP contribution >= 0.6 is 12.2 Å². The SMILES string of the molecule is CCCC[Si](C)(C)OC[C@H]1O[C@@H](n2cc(C)c(=O)[nH]c2=S)[C@@](O)(S(C)(=O)=O)[C@@H]1O. The number of hydrogen-bond donors (Lipinski definition) is 3. The fourth-order valence-corrected chi connectivity index (χ4v) is 6.62. The Morgan fingerprint density at radius 1 is 1.45 bits per heavy atom. The Morgan fingerprint density at radius 2 is 2.07 bits per heavy atom. The maximum absolute atomic E-state index is 12.5. The summed E-state index contributed by atoms with van der Waals surface area (Å²) in [7, 11) is -6.25. The van der Waals surface area contributed by atoms with Crippen molar-refractivity contribution in [3.05, 3.63) is 26.9 Å². The number of rotatable bonds is 8. The lowest BCUT2D eigenvalue weighted by Crippen LogP contribution is -2.53. The number of sulfone groups is 1. The maximum Gasteiger partial charge on any atom is 0.254 e. The molecule has 0 aromatic carbocycles. The van der Waals surface area contributed by atoms with Crippen molar-refractivity contribution in [3.8, 4) is 0 Å². The van der Waals surface area contributed by atoms with Crippen LogP contribution in [0.15, 0.2) is 11.0 Å². The predicted molar refractivity (Wildman–Crippen MR) is 113 cm³/mol. The molecule has 12 heteroatoms. The van der Waals surface area contributed by atoms with Crippen molar-refractivity contribution in [2.45, 2.75) is 69.2 Å². The van der Waals surface area contributed by atoms with Gasteiger partial charge in [0, 0.05) is 18.0 Å². The molecule has 0 spiro atoms. The lowest BCUT2D eigenvalue weighted by molar-refractivity contribution is -0.0635. The van der Waals surface area contributed by atoms with Gasteiger partial charge in [0.1, 0.15) is 12.2 Å². The second-order valence-electron chi connectivity index (χ2n) is 8.15. The van der Waals surface area contributed by atoms with Crippen molar-refractivity contribution in [2.75, 3.05) is 12.9 Å². The van der Waals surface area contributed by atoms with Crippen molar-refractivity contribution in [1.29, 1.82) is 0 Å². The van der Waals surface area contributed by atoms with Gasteiger partial charge in [-0.3, -0.25) is 14.3 Å². The second kappa shape index (κ2) is 8.69. The normalized spacial score (nSPS) is 28.0. The number of nitrogens with one attached hydrogen (secondary N) is 1. The molecule has 0 amide bonds. The highest BCUT2D eigenvalue weighted by Crippen LogP contribution is 2.42. The molecule has 0 aliphatic carbocycles. The van der Waals surface area contributed by atoms with Crippen LogP contribution in [0.2, 0.25) is 19.1 Å². The molecule has 4 atom stereocenters. The Morgan fingerprint density at radius 3 is 2.62 bits per heavy atom. The van der Waals surface area contributed by atoms with Gasteiger partial charge >= 0.3 is 0 Å². The molecule has 29 heavy (non-hydrogen) atoms. The van der Waals surface area contributed by atoms with Crippen LogP contribution in [0.4, 0.5) is 0 Å². The van der Waals surface area contributed by atoms with E-state index in [0.29, 0.717) is 0 Å². The molecule has 1 fully saturated rings. The second-order valence-corrected chi connectivity index (χ2v) is 15.0. The molecule has 1 aromatic heterocycles. The van der Waals surface area contributed by atoms with Crippen molar-refractivity contribution in [2.24, 2.45) is 0 Å². The number of aromatic amines is 1. The first-order valence-corrected chi connectivity index (χ1v) is 14.9. The smallest absolute Gasteiger partial charge is 0.254 e. The van der Waals surface area contributed by atoms with Gasteiger partial charge in [-0.15, -0.1) is 0 Å². The molecule has 1 saturated heterocycles. The van der Waals surface area contributed by atoms with Crippen LogP contribution < -0.4 is 5.56 Å². The average Bonchev–Trinajstić information content (AvgIpc) is 2.87. The van der Waals surface area contributed by atoms with Gasteiger partial charge in [-0.2, -0.15) is 0 Å². The van der Waals surface area contributed by atoms with Gasteiger partial charge in [0.25, 0.3) is 5.56 Å². The van der Waals surface area contributed by atoms with Crippen LogP contribution in [0.25, 0.3) is 0 Å². The lowest BCUT2D eigenvalue weighted by atomic mass is 10.1. The Bertz CT molecular complexity index is 959. The lowest BCUT2D eigenvalue weighted by Gasteiger charge is -2.30. The minimum Gasteiger partial charge on any atom is -0.415 e. The van der Waals surface area contributed by atoms with Gasteiger partial charge in [0.15, 0.2) is 29.2 Å². The first kappa shape index (κ1) is 24.4. The fraction of sp³-hybridized carbons (Fsp3) is 0.765. The zero-order chi connectivity index (χ0) is 22.2. The van der Waals surface area contributed by atoms with Gasteiger partial charge in [-0.1, -0.05) is 19.8 Å². The summed E-state index contributed by atoms with van der Waals surface area (Å²) in [6.07, 6.45) is -0.216. The molecule has 0 unspecified atom stereocenters. The molecular weight excluding hydrogens is 436 g/mol. The largest absolute Gasteiger partial charge is 0.415 e. The Hall–Kier alpha value is -0.893. The van der Waals surface area contributed by atoms with Crippen LogP contribution in [-0.2, 0) is 19.0 Å². The zero-order valence-corrected chi connectivity index (χ0v) is 20.0. The molecule has 0 bridgehead atoms. The highest BCUT2D eigenvalue weighted by molar-refractivity contribution is 7.92. The van der Waals surface area contributed by atoms with Crippen molar-refractivity contribution >= 4 is 30.4 Å². The maximum atomic E-state index is 12.5. The molecule has 166 valence electrons. The third kappa shape index (κ3) is 4.89. The van der Waals surface area contributed by atoms with Gasteiger partial charge < -0.3 is 19.4 Å². The minimum absolute atomic E-state index is 0.0614. The van der Waals surface area contributed by atoms with Crippen LogP contribution in [0.3, 0.4) is 0 Å². The third-order valence-electron chi connectivity index (χ3n) is 5.20. The van der Waals surface area contributed by atoms with Gasteiger partial charge in [-0.25, -0.2) is 8.42 Å². The summed E-state index contributed by atoms with van der Waals surface area (Å²) in [5.74, 6) is 0. The van der Waals surface area contributed by atoms with Gasteiger partial charge in [-0.05, 0) is 38.3 Å². The quantitative estimate of drug-likeness (QED) is 0.385. The summed E-state index contributed by atoms with van der Waals surface area (Å²) in [5, 5.41) is 21.8. The van der Waals surface area contributed by atoms with E-state index in [0.717, 1.165) is 29.7 Å². The topological polar surface area (TPSA) is 131 Å². The van der Waals surface area contributed by atoms with E-state index >= 15 is 0 Å². The van der Waals surface area contributed by atoms with Crippen LogP contribution in [0.1, 0.15) is 31.6 Å². The van der Waals surface area contributed by atoms with E-state index in [2.05, 4.69) is 11.9 Å². The Labute approximate surface area is 176 Å². The number of hydrogen-bond acceptors (Lipinski definition) is 8. The van der Waals surface area contributed by atoms with E-state index in [1.807, 2.05) is 13.1 Å². The Balaban J connectivity index is 2.40. The number of nitrogens with zero attached hydrogens (tertiary/aromatic N) is 1. The number of aryl methyl sites for hydroxylation is 1. The number of aliphatic hydroxyl groups is 2. The highest BCUT2D eigenvalue weighted by atomic mass is 32.2. The molecule has 1 aliphatic rings. The third-order valence-corrected chi connectivity index (χ3v) is 9.65. The first-order chi connectivity index (χ1) is 13.2. The predicted octanol–water partition coefficient (Wildman–Crippen LogP) is 1.23. The number of ether oxygens (including phenoxy) is 1. The standard InChI is InChI=1S/C17H30N2O7S2Si/c1-6-7-8-29(4,5)25-10-12-13(20)17(22,28(3,23)24)15(26-12)19-9-11(2)14(21)18-16(19)27/h9,12-13,15,20,22H,6-8,10H2,1-5H3,(H,18,21,27)/t12-,13-,15-,17+/m1/s1. The number of H-pyrrole nitrogens is 1. The Kier molecular flexibility index (Phi) is 7.31. The van der Waals surface area contributed by atoms with E-state index in [-0.39, 0.29) is 16.9 Å². The molecule has 1 aliphatic heterocycles. The molecule has 1 aromatic rings. The monoisotopic (exact) mass is 466 g/mol. The van der Waals surface area contributed by atoms with E-state index in [9.17, 15) is 23.4 Å². The fourth-order valence-electron chi connectivity index (χ4n) is 3.29. The molecule has 9 nitrogen and oxygen atoms in total. The van der Waals surface area contributed by atoms with Crippen molar-refractivity contribution in [3.63, 3.8) is 0 Å². The van der Waals surface area contributed by atoms with Crippen LogP contribution in [0, 0.1) is 11.7 Å². The van der Waals surface area contributed by atoms with E-state index < -0.39 is 47.1 Å². The summed E-state index contributed by atoms with van der Waals surface area (Å²) in [6.45, 7) is 7.60. The summed E-state index contributed by atoms with van der Waals surface area (Å²) >= 11 is 5.13. The first-order valence-electron chi connectivity index (χ1n) is 9.46. The molecule has 2 rings (SSSR count). The zero-order valence-electron chi connectivity index (χ0n) is 17.3. The van der Waals surface area contributed by atoms with Crippen LogP contribution in [-0.4, -0.2) is 66.5 Å². The summed E-state index contributed by atoms with van der Waals surface area (Å²) in [4.78, 5) is 11.5. The average molecular weight is 467 g/mol. The number of aliphatic hydroxyl groups excluding tert-OH is 1. The van der Waals surface area contributed by atoms with Gasteiger partial charge in [0.05, 0.1) is 6.61 Å². The van der Waals surface area contributed by atoms with E-state index in [4.69, 9.17) is 21.4 Å². The number of aromatic nitrogens is 2.